The molecule has 0 aliphatic carbocycles. The summed E-state index contributed by atoms with van der Waals surface area (Å²) in [5, 5.41) is 0.550. The van der Waals surface area contributed by atoms with Crippen molar-refractivity contribution < 1.29 is 0 Å². The molecule has 0 amide bonds. The average molecular weight is 139 g/mol. The van der Waals surface area contributed by atoms with Gasteiger partial charge in [0.2, 0.25) is 0 Å². The molecule has 3 heteroatoms. The van der Waals surface area contributed by atoms with E-state index < -0.39 is 0 Å². The summed E-state index contributed by atoms with van der Waals surface area (Å²) in [6.45, 7) is 0. The highest BCUT2D eigenvalue weighted by Gasteiger charge is 2.41. The lowest BCUT2D eigenvalue weighted by Gasteiger charge is -2.16. The Balaban J connectivity index is 2.16. The maximum absolute atomic E-state index is 5.76. The van der Waals surface area contributed by atoms with E-state index in [9.17, 15) is 0 Å². The van der Waals surface area contributed by atoms with Gasteiger partial charge in [0, 0.05) is 11.3 Å². The van der Waals surface area contributed by atoms with Crippen molar-refractivity contribution in [3.05, 3.63) is 0 Å². The highest BCUT2D eigenvalue weighted by atomic mass is 32.1. The maximum atomic E-state index is 5.76. The Bertz CT molecular complexity index is 130. The predicted molar refractivity (Wildman–Crippen MR) is 41.8 cm³/mol. The molecule has 3 unspecified atom stereocenters. The molecule has 2 fully saturated rings. The Morgan fingerprint density at radius 2 is 2.22 bits per heavy atom. The molecule has 0 spiro atoms. The fourth-order valence-corrected chi connectivity index (χ4v) is 2.54. The van der Waals surface area contributed by atoms with E-state index in [1.807, 2.05) is 4.81 Å². The first-order chi connectivity index (χ1) is 4.29. The fraction of sp³-hybridized carbons (Fsp3) is 1.00. The van der Waals surface area contributed by atoms with Crippen LogP contribution >= 0.6 is 12.6 Å². The summed E-state index contributed by atoms with van der Waals surface area (Å²) in [6, 6.07) is 1.23. The van der Waals surface area contributed by atoms with Crippen LogP contribution in [0.2, 0.25) is 0 Å². The van der Waals surface area contributed by atoms with Crippen molar-refractivity contribution in [3.8, 4) is 0 Å². The van der Waals surface area contributed by atoms with Crippen LogP contribution in [-0.4, -0.2) is 30.1 Å². The van der Waals surface area contributed by atoms with E-state index in [-0.39, 0.29) is 0 Å². The minimum absolute atomic E-state index is 0.550. The topological polar surface area (TPSA) is 3.24 Å². The molecule has 2 rings (SSSR count). The van der Waals surface area contributed by atoms with E-state index in [2.05, 4.69) is 12.6 Å². The second kappa shape index (κ2) is 1.93. The molecule has 2 saturated heterocycles. The van der Waals surface area contributed by atoms with Gasteiger partial charge in [-0.15, -0.1) is 0 Å². The second-order valence-electron chi connectivity index (χ2n) is 3.05. The third-order valence-electron chi connectivity index (χ3n) is 2.56. The van der Waals surface area contributed by atoms with Crippen molar-refractivity contribution >= 4 is 20.6 Å². The average Bonchev–Trinajstić information content (AvgIpc) is 2.25. The van der Waals surface area contributed by atoms with Gasteiger partial charge in [-0.2, -0.15) is 12.6 Å². The SMILES string of the molecule is [B]N1C2CCC1C(S)C2. The van der Waals surface area contributed by atoms with Crippen LogP contribution in [0.3, 0.4) is 0 Å². The summed E-state index contributed by atoms with van der Waals surface area (Å²) >= 11 is 4.44. The zero-order valence-corrected chi connectivity index (χ0v) is 6.22. The molecule has 3 atom stereocenters. The molecule has 2 heterocycles. The molecule has 1 nitrogen and oxygen atoms in total. The number of hydrogen-bond donors (Lipinski definition) is 1. The quantitative estimate of drug-likeness (QED) is 0.380. The van der Waals surface area contributed by atoms with Gasteiger partial charge < -0.3 is 4.81 Å². The van der Waals surface area contributed by atoms with E-state index in [1.165, 1.54) is 19.3 Å². The number of nitrogens with zero attached hydrogens (tertiary/aromatic N) is 1. The van der Waals surface area contributed by atoms with Crippen molar-refractivity contribution in [1.82, 2.24) is 4.81 Å². The lowest BCUT2D eigenvalue weighted by molar-refractivity contribution is 0.437. The monoisotopic (exact) mass is 139 g/mol. The first-order valence-electron chi connectivity index (χ1n) is 3.50. The Hall–Kier alpha value is 0.375. The fourth-order valence-electron chi connectivity index (χ4n) is 2.00. The van der Waals surface area contributed by atoms with Crippen LogP contribution in [0.4, 0.5) is 0 Å². The van der Waals surface area contributed by atoms with Gasteiger partial charge in [-0.05, 0) is 25.3 Å². The molecule has 2 aliphatic heterocycles. The number of thiol groups is 1. The van der Waals surface area contributed by atoms with Crippen molar-refractivity contribution in [1.29, 1.82) is 0 Å². The predicted octanol–water partition coefficient (Wildman–Crippen LogP) is 0.605. The van der Waals surface area contributed by atoms with Gasteiger partial charge in [-0.25, -0.2) is 0 Å². The number of hydrogen-bond acceptors (Lipinski definition) is 2. The standard InChI is InChI=1S/C6H10BNS/c7-8-4-1-2-5(8)6(9)3-4/h4-6,9H,1-3H2. The van der Waals surface area contributed by atoms with Crippen LogP contribution in [0, 0.1) is 0 Å². The Morgan fingerprint density at radius 1 is 1.44 bits per heavy atom. The summed E-state index contributed by atoms with van der Waals surface area (Å²) in [4.78, 5) is 2.00. The highest BCUT2D eigenvalue weighted by molar-refractivity contribution is 7.81. The summed E-state index contributed by atoms with van der Waals surface area (Å²) < 4.78 is 0. The van der Waals surface area contributed by atoms with Crippen LogP contribution in [0.5, 0.6) is 0 Å². The van der Waals surface area contributed by atoms with Crippen LogP contribution in [0.25, 0.3) is 0 Å². The van der Waals surface area contributed by atoms with E-state index in [0.717, 1.165) is 0 Å². The molecule has 0 aromatic heterocycles. The zero-order valence-electron chi connectivity index (χ0n) is 5.33. The van der Waals surface area contributed by atoms with E-state index >= 15 is 0 Å². The van der Waals surface area contributed by atoms with Crippen molar-refractivity contribution in [2.24, 2.45) is 0 Å². The van der Waals surface area contributed by atoms with Gasteiger partial charge in [-0.1, -0.05) is 0 Å². The Morgan fingerprint density at radius 3 is 2.44 bits per heavy atom. The lowest BCUT2D eigenvalue weighted by Crippen LogP contribution is -2.27. The van der Waals surface area contributed by atoms with E-state index in [1.54, 1.807) is 0 Å². The molecule has 2 aliphatic rings. The minimum Gasteiger partial charge on any atom is -0.347 e. The van der Waals surface area contributed by atoms with Gasteiger partial charge in [0.15, 0.2) is 7.98 Å². The van der Waals surface area contributed by atoms with Crippen LogP contribution in [0.1, 0.15) is 19.3 Å². The molecule has 0 aromatic rings. The second-order valence-corrected chi connectivity index (χ2v) is 3.71. The van der Waals surface area contributed by atoms with Crippen molar-refractivity contribution in [2.45, 2.75) is 36.6 Å². The molecule has 2 radical (unpaired) electrons. The summed E-state index contributed by atoms with van der Waals surface area (Å²) in [5.74, 6) is 0. The van der Waals surface area contributed by atoms with Gasteiger partial charge in [0.05, 0.1) is 0 Å². The van der Waals surface area contributed by atoms with Crippen molar-refractivity contribution in [2.75, 3.05) is 0 Å². The molecule has 0 saturated carbocycles. The first-order valence-corrected chi connectivity index (χ1v) is 4.02. The third kappa shape index (κ3) is 0.745. The highest BCUT2D eigenvalue weighted by Crippen LogP contribution is 2.38. The Kier molecular flexibility index (Phi) is 1.31. The van der Waals surface area contributed by atoms with Gasteiger partial charge in [0.1, 0.15) is 0 Å². The summed E-state index contributed by atoms with van der Waals surface area (Å²) in [6.07, 6.45) is 3.75. The van der Waals surface area contributed by atoms with Crippen molar-refractivity contribution in [3.63, 3.8) is 0 Å². The van der Waals surface area contributed by atoms with Crippen LogP contribution < -0.4 is 0 Å². The van der Waals surface area contributed by atoms with Crippen LogP contribution in [-0.2, 0) is 0 Å². The minimum atomic E-state index is 0.550. The molecular formula is C6H10BNS. The smallest absolute Gasteiger partial charge is 0.183 e. The molecule has 9 heavy (non-hydrogen) atoms. The molecule has 2 bridgehead atoms. The zero-order chi connectivity index (χ0) is 6.43. The van der Waals surface area contributed by atoms with E-state index in [4.69, 9.17) is 7.98 Å². The number of fused-ring (bicyclic) bond motifs is 2. The number of rotatable bonds is 0. The molecule has 0 N–H and O–H groups in total. The summed E-state index contributed by atoms with van der Waals surface area (Å²) in [7, 11) is 5.76. The Labute approximate surface area is 62.6 Å². The summed E-state index contributed by atoms with van der Waals surface area (Å²) in [5.41, 5.74) is 0. The molecule has 0 aromatic carbocycles. The molecule has 48 valence electrons. The lowest BCUT2D eigenvalue weighted by atomic mass is 10.0. The van der Waals surface area contributed by atoms with Gasteiger partial charge >= 0.3 is 0 Å². The third-order valence-corrected chi connectivity index (χ3v) is 3.11. The molecular weight excluding hydrogens is 129 g/mol. The van der Waals surface area contributed by atoms with Gasteiger partial charge in [0.25, 0.3) is 0 Å². The van der Waals surface area contributed by atoms with E-state index in [0.29, 0.717) is 17.3 Å². The first kappa shape index (κ1) is 6.11. The largest absolute Gasteiger partial charge is 0.347 e. The normalized spacial score (nSPS) is 50.6. The van der Waals surface area contributed by atoms with Gasteiger partial charge in [-0.3, -0.25) is 0 Å². The van der Waals surface area contributed by atoms with Crippen LogP contribution in [0.15, 0.2) is 0 Å². The maximum Gasteiger partial charge on any atom is 0.183 e.